The van der Waals surface area contributed by atoms with E-state index in [1.54, 1.807) is 0 Å². The summed E-state index contributed by atoms with van der Waals surface area (Å²) < 4.78 is 0. The van der Waals surface area contributed by atoms with E-state index in [1.165, 1.54) is 0 Å². The van der Waals surface area contributed by atoms with Crippen LogP contribution >= 0.6 is 0 Å². The maximum atomic E-state index is 9.74. The van der Waals surface area contributed by atoms with Crippen LogP contribution in [0.15, 0.2) is 0 Å². The summed E-state index contributed by atoms with van der Waals surface area (Å²) in [6.07, 6.45) is 0.780. The first-order chi connectivity index (χ1) is 5.71. The molecule has 1 unspecified atom stereocenters. The lowest BCUT2D eigenvalue weighted by Crippen LogP contribution is -2.54. The van der Waals surface area contributed by atoms with E-state index in [9.17, 15) is 5.11 Å². The number of nitrogens with zero attached hydrogens (tertiary/aromatic N) is 1. The van der Waals surface area contributed by atoms with Gasteiger partial charge in [0.05, 0.1) is 6.10 Å². The van der Waals surface area contributed by atoms with Crippen LogP contribution in [0.25, 0.3) is 0 Å². The Hall–Kier alpha value is -0.0800. The molecule has 1 atom stereocenters. The van der Waals surface area contributed by atoms with Gasteiger partial charge in [-0.2, -0.15) is 0 Å². The first kappa shape index (κ1) is 11.0. The summed E-state index contributed by atoms with van der Waals surface area (Å²) >= 11 is 0. The van der Waals surface area contributed by atoms with E-state index >= 15 is 0 Å². The van der Waals surface area contributed by atoms with Crippen LogP contribution in [0.2, 0.25) is 0 Å². The molecule has 0 saturated carbocycles. The monoisotopic (exact) mass is 185 g/mol. The smallest absolute Gasteiger partial charge is 0.0672 e. The first-order valence-electron chi connectivity index (χ1n) is 5.14. The van der Waals surface area contributed by atoms with Gasteiger partial charge in [0.15, 0.2) is 0 Å². The summed E-state index contributed by atoms with van der Waals surface area (Å²) in [6, 6.07) is 0. The van der Waals surface area contributed by atoms with E-state index in [1.807, 2.05) is 0 Å². The predicted octanol–water partition coefficient (Wildman–Crippen LogP) is 1.88. The molecule has 1 N–H and O–H groups in total. The van der Waals surface area contributed by atoms with Gasteiger partial charge in [-0.05, 0) is 32.6 Å². The molecule has 0 aromatic heterocycles. The number of aliphatic hydroxyl groups excluding tert-OH is 1. The molecule has 0 aromatic carbocycles. The lowest BCUT2D eigenvalue weighted by atomic mass is 9.81. The van der Waals surface area contributed by atoms with Crippen molar-refractivity contribution in [2.24, 2.45) is 5.41 Å². The summed E-state index contributed by atoms with van der Waals surface area (Å²) in [4.78, 5) is 2.38. The molecule has 0 aromatic rings. The predicted molar refractivity (Wildman–Crippen MR) is 55.7 cm³/mol. The molecule has 0 amide bonds. The quantitative estimate of drug-likeness (QED) is 0.623. The van der Waals surface area contributed by atoms with Crippen molar-refractivity contribution in [2.45, 2.75) is 52.7 Å². The molecular weight excluding hydrogens is 162 g/mol. The highest BCUT2D eigenvalue weighted by molar-refractivity contribution is 4.90. The van der Waals surface area contributed by atoms with Crippen LogP contribution < -0.4 is 0 Å². The summed E-state index contributed by atoms with van der Waals surface area (Å²) in [5, 5.41) is 9.74. The minimum absolute atomic E-state index is 0.150. The molecule has 0 aliphatic carbocycles. The zero-order valence-corrected chi connectivity index (χ0v) is 9.59. The minimum atomic E-state index is -0.150. The summed E-state index contributed by atoms with van der Waals surface area (Å²) in [6.45, 7) is 13.0. The van der Waals surface area contributed by atoms with Crippen LogP contribution in [-0.2, 0) is 0 Å². The Morgan fingerprint density at radius 2 is 1.85 bits per heavy atom. The largest absolute Gasteiger partial charge is 0.392 e. The zero-order chi connectivity index (χ0) is 10.3. The second kappa shape index (κ2) is 3.25. The van der Waals surface area contributed by atoms with Crippen LogP contribution in [0, 0.1) is 5.41 Å². The van der Waals surface area contributed by atoms with Gasteiger partial charge in [0, 0.05) is 18.6 Å². The zero-order valence-electron chi connectivity index (χ0n) is 9.59. The van der Waals surface area contributed by atoms with E-state index in [4.69, 9.17) is 0 Å². The normalized spacial score (nSPS) is 30.5. The number of β-amino-alcohol motifs (C(OH)–C–C–N with tert-alkyl or cyclic N) is 1. The summed E-state index contributed by atoms with van der Waals surface area (Å²) in [7, 11) is 0. The third-order valence-corrected chi connectivity index (χ3v) is 2.79. The van der Waals surface area contributed by atoms with Gasteiger partial charge in [0.1, 0.15) is 0 Å². The Labute approximate surface area is 81.9 Å². The molecule has 1 fully saturated rings. The van der Waals surface area contributed by atoms with E-state index in [-0.39, 0.29) is 17.1 Å². The molecule has 1 saturated heterocycles. The molecule has 1 aliphatic heterocycles. The highest BCUT2D eigenvalue weighted by Gasteiger charge is 2.36. The molecular formula is C11H23NO. The van der Waals surface area contributed by atoms with E-state index in [0.29, 0.717) is 0 Å². The molecule has 0 bridgehead atoms. The van der Waals surface area contributed by atoms with Gasteiger partial charge >= 0.3 is 0 Å². The molecule has 2 heteroatoms. The fraction of sp³-hybridized carbons (Fsp3) is 1.00. The van der Waals surface area contributed by atoms with E-state index in [0.717, 1.165) is 19.5 Å². The van der Waals surface area contributed by atoms with Gasteiger partial charge in [0.2, 0.25) is 0 Å². The molecule has 1 rings (SSSR count). The fourth-order valence-electron chi connectivity index (χ4n) is 2.11. The molecule has 78 valence electrons. The highest BCUT2D eigenvalue weighted by atomic mass is 16.3. The van der Waals surface area contributed by atoms with Crippen LogP contribution in [-0.4, -0.2) is 34.7 Å². The number of piperidine rings is 1. The minimum Gasteiger partial charge on any atom is -0.392 e. The standard InChI is InChI=1S/C11H23NO/c1-10(2,3)12-7-9(13)6-11(4,5)8-12/h9,13H,6-8H2,1-5H3. The molecule has 0 radical (unpaired) electrons. The van der Waals surface area contributed by atoms with Crippen LogP contribution in [0.5, 0.6) is 0 Å². The Morgan fingerprint density at radius 3 is 2.23 bits per heavy atom. The maximum absolute atomic E-state index is 9.74. The molecule has 0 spiro atoms. The number of likely N-dealkylation sites (tertiary alicyclic amines) is 1. The third-order valence-electron chi connectivity index (χ3n) is 2.79. The van der Waals surface area contributed by atoms with Crippen molar-refractivity contribution in [2.75, 3.05) is 13.1 Å². The first-order valence-corrected chi connectivity index (χ1v) is 5.14. The van der Waals surface area contributed by atoms with Gasteiger partial charge in [0.25, 0.3) is 0 Å². The van der Waals surface area contributed by atoms with Crippen molar-refractivity contribution in [1.82, 2.24) is 4.90 Å². The molecule has 1 aliphatic rings. The number of rotatable bonds is 0. The second-order valence-electron chi connectivity index (χ2n) is 6.07. The SMILES string of the molecule is CC1(C)CC(O)CN(C(C)(C)C)C1. The fourth-order valence-corrected chi connectivity index (χ4v) is 2.11. The molecule has 13 heavy (non-hydrogen) atoms. The molecule has 2 nitrogen and oxygen atoms in total. The summed E-state index contributed by atoms with van der Waals surface area (Å²) in [5.41, 5.74) is 0.434. The van der Waals surface area contributed by atoms with Crippen molar-refractivity contribution in [3.8, 4) is 0 Å². The van der Waals surface area contributed by atoms with Crippen molar-refractivity contribution < 1.29 is 5.11 Å². The van der Waals surface area contributed by atoms with Crippen molar-refractivity contribution >= 4 is 0 Å². The lowest BCUT2D eigenvalue weighted by molar-refractivity contribution is -0.0330. The van der Waals surface area contributed by atoms with Crippen LogP contribution in [0.1, 0.15) is 41.0 Å². The molecule has 1 heterocycles. The van der Waals surface area contributed by atoms with Gasteiger partial charge in [-0.25, -0.2) is 0 Å². The maximum Gasteiger partial charge on any atom is 0.0672 e. The van der Waals surface area contributed by atoms with Crippen LogP contribution in [0.3, 0.4) is 0 Å². The number of aliphatic hydroxyl groups is 1. The third kappa shape index (κ3) is 2.96. The average molecular weight is 185 g/mol. The second-order valence-corrected chi connectivity index (χ2v) is 6.07. The van der Waals surface area contributed by atoms with Gasteiger partial charge in [-0.15, -0.1) is 0 Å². The average Bonchev–Trinajstić information content (AvgIpc) is 1.79. The van der Waals surface area contributed by atoms with Crippen molar-refractivity contribution in [3.05, 3.63) is 0 Å². The summed E-state index contributed by atoms with van der Waals surface area (Å²) in [5.74, 6) is 0. The lowest BCUT2D eigenvalue weighted by Gasteiger charge is -2.47. The van der Waals surface area contributed by atoms with Crippen molar-refractivity contribution in [3.63, 3.8) is 0 Å². The van der Waals surface area contributed by atoms with E-state index < -0.39 is 0 Å². The Balaban J connectivity index is 2.69. The van der Waals surface area contributed by atoms with Gasteiger partial charge in [-0.1, -0.05) is 13.8 Å². The van der Waals surface area contributed by atoms with Gasteiger partial charge < -0.3 is 5.11 Å². The Morgan fingerprint density at radius 1 is 1.31 bits per heavy atom. The van der Waals surface area contributed by atoms with E-state index in [2.05, 4.69) is 39.5 Å². The Bertz CT molecular complexity index is 181. The van der Waals surface area contributed by atoms with Crippen LogP contribution in [0.4, 0.5) is 0 Å². The number of hydrogen-bond donors (Lipinski definition) is 1. The number of hydrogen-bond acceptors (Lipinski definition) is 2. The highest BCUT2D eigenvalue weighted by Crippen LogP contribution is 2.32. The van der Waals surface area contributed by atoms with Crippen molar-refractivity contribution in [1.29, 1.82) is 0 Å². The van der Waals surface area contributed by atoms with Gasteiger partial charge in [-0.3, -0.25) is 4.90 Å². The topological polar surface area (TPSA) is 23.5 Å². The Kier molecular flexibility index (Phi) is 2.75.